The molecule has 0 aliphatic rings. The Hall–Kier alpha value is -3.11. The maximum atomic E-state index is 12.6. The summed E-state index contributed by atoms with van der Waals surface area (Å²) in [7, 11) is 3.49. The summed E-state index contributed by atoms with van der Waals surface area (Å²) in [6, 6.07) is 26.3. The molecule has 0 fully saturated rings. The van der Waals surface area contributed by atoms with Gasteiger partial charge in [-0.1, -0.05) is 78.9 Å². The number of hydrogen-bond donors (Lipinski definition) is 1. The number of hydrogen-bond acceptors (Lipinski definition) is 2. The van der Waals surface area contributed by atoms with Gasteiger partial charge in [-0.05, 0) is 27.8 Å². The number of urea groups is 1. The lowest BCUT2D eigenvalue weighted by Gasteiger charge is -2.20. The van der Waals surface area contributed by atoms with Crippen LogP contribution in [-0.2, 0) is 24.4 Å². The van der Waals surface area contributed by atoms with Crippen LogP contribution in [0.3, 0.4) is 0 Å². The van der Waals surface area contributed by atoms with Crippen molar-refractivity contribution in [1.29, 1.82) is 0 Å². The number of methoxy groups -OCH3 is 1. The van der Waals surface area contributed by atoms with Crippen molar-refractivity contribution in [3.63, 3.8) is 0 Å². The quantitative estimate of drug-likeness (QED) is 0.643. The van der Waals surface area contributed by atoms with E-state index in [0.717, 1.165) is 27.8 Å². The molecule has 4 nitrogen and oxygen atoms in total. The van der Waals surface area contributed by atoms with E-state index in [1.807, 2.05) is 61.6 Å². The summed E-state index contributed by atoms with van der Waals surface area (Å²) < 4.78 is 5.23. The molecule has 3 aromatic rings. The van der Waals surface area contributed by atoms with Crippen LogP contribution in [0.5, 0.6) is 0 Å². The summed E-state index contributed by atoms with van der Waals surface area (Å²) in [5.41, 5.74) is 5.57. The van der Waals surface area contributed by atoms with Crippen molar-refractivity contribution >= 4 is 6.03 Å². The molecule has 0 atom stereocenters. The van der Waals surface area contributed by atoms with E-state index in [2.05, 4.69) is 29.6 Å². The third-order valence-corrected chi connectivity index (χ3v) is 4.70. The molecule has 0 aliphatic heterocycles. The van der Waals surface area contributed by atoms with Crippen molar-refractivity contribution in [1.82, 2.24) is 10.2 Å². The van der Waals surface area contributed by atoms with Crippen molar-refractivity contribution in [2.24, 2.45) is 0 Å². The molecule has 0 saturated heterocycles. The Morgan fingerprint density at radius 1 is 0.857 bits per heavy atom. The summed E-state index contributed by atoms with van der Waals surface area (Å²) in [6.07, 6.45) is 0. The molecule has 4 heteroatoms. The lowest BCUT2D eigenvalue weighted by molar-refractivity contribution is 0.183. The van der Waals surface area contributed by atoms with Crippen molar-refractivity contribution in [3.8, 4) is 11.1 Å². The molecule has 1 N–H and O–H groups in total. The minimum atomic E-state index is -0.102. The van der Waals surface area contributed by atoms with Gasteiger partial charge in [0.25, 0.3) is 0 Å². The summed E-state index contributed by atoms with van der Waals surface area (Å²) in [5.74, 6) is 0. The maximum absolute atomic E-state index is 12.6. The number of nitrogens with one attached hydrogen (secondary N) is 1. The SMILES string of the molecule is COCc1ccccc1CNC(=O)N(C)Cc1ccccc1-c1ccccc1. The molecule has 0 unspecified atom stereocenters. The summed E-state index contributed by atoms with van der Waals surface area (Å²) in [5, 5.41) is 3.01. The van der Waals surface area contributed by atoms with Gasteiger partial charge in [0.2, 0.25) is 0 Å². The molecular weight excluding hydrogens is 348 g/mol. The highest BCUT2D eigenvalue weighted by Crippen LogP contribution is 2.24. The summed E-state index contributed by atoms with van der Waals surface area (Å²) >= 11 is 0. The van der Waals surface area contributed by atoms with Gasteiger partial charge >= 0.3 is 6.03 Å². The largest absolute Gasteiger partial charge is 0.380 e. The molecule has 0 bridgehead atoms. The molecule has 0 spiro atoms. The first-order chi connectivity index (χ1) is 13.7. The third-order valence-electron chi connectivity index (χ3n) is 4.70. The van der Waals surface area contributed by atoms with E-state index >= 15 is 0 Å². The van der Waals surface area contributed by atoms with Crippen molar-refractivity contribution in [2.75, 3.05) is 14.2 Å². The molecule has 0 aromatic heterocycles. The van der Waals surface area contributed by atoms with Crippen LogP contribution >= 0.6 is 0 Å². The standard InChI is InChI=1S/C24H26N2O2/c1-26(24(27)25-16-20-12-6-7-14-22(20)18-28-2)17-21-13-8-9-15-23(21)19-10-4-3-5-11-19/h3-15H,16-18H2,1-2H3,(H,25,27). The van der Waals surface area contributed by atoms with E-state index in [9.17, 15) is 4.79 Å². The Kier molecular flexibility index (Phi) is 6.82. The van der Waals surface area contributed by atoms with E-state index in [4.69, 9.17) is 4.74 Å². The van der Waals surface area contributed by atoms with Gasteiger partial charge in [-0.2, -0.15) is 0 Å². The average Bonchev–Trinajstić information content (AvgIpc) is 2.74. The number of nitrogens with zero attached hydrogens (tertiary/aromatic N) is 1. The van der Waals surface area contributed by atoms with Crippen LogP contribution in [-0.4, -0.2) is 25.1 Å². The monoisotopic (exact) mass is 374 g/mol. The van der Waals surface area contributed by atoms with E-state index in [0.29, 0.717) is 19.7 Å². The van der Waals surface area contributed by atoms with Gasteiger partial charge in [0.05, 0.1) is 6.61 Å². The minimum Gasteiger partial charge on any atom is -0.380 e. The normalized spacial score (nSPS) is 10.5. The van der Waals surface area contributed by atoms with Crippen LogP contribution in [0.1, 0.15) is 16.7 Å². The second-order valence-corrected chi connectivity index (χ2v) is 6.74. The highest BCUT2D eigenvalue weighted by molar-refractivity contribution is 5.75. The number of rotatable bonds is 7. The first-order valence-electron chi connectivity index (χ1n) is 9.37. The molecule has 144 valence electrons. The number of benzene rings is 3. The van der Waals surface area contributed by atoms with Crippen LogP contribution < -0.4 is 5.32 Å². The Labute approximate surface area is 166 Å². The van der Waals surface area contributed by atoms with Crippen LogP contribution in [0.4, 0.5) is 4.79 Å². The first-order valence-corrected chi connectivity index (χ1v) is 9.37. The number of carbonyl (C=O) groups is 1. The smallest absolute Gasteiger partial charge is 0.317 e. The maximum Gasteiger partial charge on any atom is 0.317 e. The zero-order valence-corrected chi connectivity index (χ0v) is 16.4. The fourth-order valence-corrected chi connectivity index (χ4v) is 3.22. The lowest BCUT2D eigenvalue weighted by Crippen LogP contribution is -2.36. The molecule has 3 aromatic carbocycles. The van der Waals surface area contributed by atoms with Crippen LogP contribution in [0.15, 0.2) is 78.9 Å². The number of ether oxygens (including phenoxy) is 1. The third kappa shape index (κ3) is 4.99. The van der Waals surface area contributed by atoms with Gasteiger partial charge in [-0.3, -0.25) is 0 Å². The van der Waals surface area contributed by atoms with Gasteiger partial charge in [-0.25, -0.2) is 4.79 Å². The van der Waals surface area contributed by atoms with E-state index < -0.39 is 0 Å². The predicted molar refractivity (Wildman–Crippen MR) is 113 cm³/mol. The van der Waals surface area contributed by atoms with E-state index in [1.165, 1.54) is 0 Å². The molecular formula is C24H26N2O2. The fourth-order valence-electron chi connectivity index (χ4n) is 3.22. The van der Waals surface area contributed by atoms with E-state index in [-0.39, 0.29) is 6.03 Å². The zero-order chi connectivity index (χ0) is 19.8. The van der Waals surface area contributed by atoms with Gasteiger partial charge in [0.1, 0.15) is 0 Å². The molecule has 28 heavy (non-hydrogen) atoms. The topological polar surface area (TPSA) is 41.6 Å². The highest BCUT2D eigenvalue weighted by atomic mass is 16.5. The van der Waals surface area contributed by atoms with Gasteiger partial charge in [0, 0.05) is 27.2 Å². The van der Waals surface area contributed by atoms with Crippen LogP contribution in [0.25, 0.3) is 11.1 Å². The van der Waals surface area contributed by atoms with E-state index in [1.54, 1.807) is 12.0 Å². The predicted octanol–water partition coefficient (Wildman–Crippen LogP) is 4.84. The highest BCUT2D eigenvalue weighted by Gasteiger charge is 2.12. The molecule has 0 radical (unpaired) electrons. The first kappa shape index (κ1) is 19.6. The number of amides is 2. The van der Waals surface area contributed by atoms with Gasteiger partial charge in [-0.15, -0.1) is 0 Å². The Morgan fingerprint density at radius 2 is 1.46 bits per heavy atom. The van der Waals surface area contributed by atoms with Crippen LogP contribution in [0.2, 0.25) is 0 Å². The zero-order valence-electron chi connectivity index (χ0n) is 16.4. The van der Waals surface area contributed by atoms with Crippen molar-refractivity contribution in [2.45, 2.75) is 19.7 Å². The minimum absolute atomic E-state index is 0.102. The lowest BCUT2D eigenvalue weighted by atomic mass is 9.99. The molecule has 0 aliphatic carbocycles. The molecule has 3 rings (SSSR count). The van der Waals surface area contributed by atoms with Gasteiger partial charge in [0.15, 0.2) is 0 Å². The second kappa shape index (κ2) is 9.72. The molecule has 0 heterocycles. The fraction of sp³-hybridized carbons (Fsp3) is 0.208. The van der Waals surface area contributed by atoms with Crippen LogP contribution in [0, 0.1) is 0 Å². The summed E-state index contributed by atoms with van der Waals surface area (Å²) in [4.78, 5) is 14.3. The van der Waals surface area contributed by atoms with Gasteiger partial charge < -0.3 is 15.0 Å². The average molecular weight is 374 g/mol. The molecule has 0 saturated carbocycles. The van der Waals surface area contributed by atoms with Crippen molar-refractivity contribution in [3.05, 3.63) is 95.6 Å². The Balaban J connectivity index is 1.66. The number of carbonyl (C=O) groups excluding carboxylic acids is 1. The second-order valence-electron chi connectivity index (χ2n) is 6.74. The molecule has 2 amide bonds. The Morgan fingerprint density at radius 3 is 2.18 bits per heavy atom. The van der Waals surface area contributed by atoms with Crippen molar-refractivity contribution < 1.29 is 9.53 Å². The summed E-state index contributed by atoms with van der Waals surface area (Å²) in [6.45, 7) is 1.55. The Bertz CT molecular complexity index is 909.